The van der Waals surface area contributed by atoms with E-state index in [0.717, 1.165) is 30.3 Å². The molecule has 0 saturated heterocycles. The molecule has 6 heteroatoms. The number of benzene rings is 1. The van der Waals surface area contributed by atoms with E-state index in [0.29, 0.717) is 5.95 Å². The molecule has 0 bridgehead atoms. The summed E-state index contributed by atoms with van der Waals surface area (Å²) in [7, 11) is 4.08. The van der Waals surface area contributed by atoms with Crippen molar-refractivity contribution < 1.29 is 4.74 Å². The van der Waals surface area contributed by atoms with Crippen molar-refractivity contribution in [3.05, 3.63) is 36.5 Å². The predicted octanol–water partition coefficient (Wildman–Crippen LogP) is 2.98. The van der Waals surface area contributed by atoms with Crippen molar-refractivity contribution in [2.24, 2.45) is 0 Å². The van der Waals surface area contributed by atoms with Gasteiger partial charge in [0.25, 0.3) is 0 Å². The minimum Gasteiger partial charge on any atom is -0.489 e. The molecule has 1 heterocycles. The lowest BCUT2D eigenvalue weighted by molar-refractivity contribution is 0.244. The van der Waals surface area contributed by atoms with Gasteiger partial charge in [-0.3, -0.25) is 0 Å². The Labute approximate surface area is 137 Å². The van der Waals surface area contributed by atoms with Crippen molar-refractivity contribution in [3.8, 4) is 5.75 Å². The summed E-state index contributed by atoms with van der Waals surface area (Å²) in [4.78, 5) is 10.9. The molecule has 0 amide bonds. The molecule has 1 aromatic heterocycles. The summed E-state index contributed by atoms with van der Waals surface area (Å²) in [6.07, 6.45) is 1.84. The average molecular weight is 315 g/mol. The maximum absolute atomic E-state index is 5.80. The topological polar surface area (TPSA) is 62.3 Å². The molecule has 0 fully saturated rings. The predicted molar refractivity (Wildman–Crippen MR) is 94.6 cm³/mol. The van der Waals surface area contributed by atoms with Crippen LogP contribution in [0.15, 0.2) is 36.5 Å². The molecule has 0 atom stereocenters. The third kappa shape index (κ3) is 5.75. The normalized spacial score (nSPS) is 10.9. The number of para-hydroxylation sites is 2. The standard InChI is InChI=1S/C17H25N5O/c1-13(2)23-15-8-6-5-7-14(15)20-17-19-10-9-16(21-17)18-11-12-22(3)4/h5-10,13H,11-12H2,1-4H3,(H2,18,19,20,21). The molecule has 2 rings (SSSR count). The number of nitrogens with one attached hydrogen (secondary N) is 2. The molecule has 0 spiro atoms. The van der Waals surface area contributed by atoms with E-state index in [-0.39, 0.29) is 6.10 Å². The van der Waals surface area contributed by atoms with E-state index in [1.54, 1.807) is 6.20 Å². The van der Waals surface area contributed by atoms with Crippen molar-refractivity contribution in [3.63, 3.8) is 0 Å². The van der Waals surface area contributed by atoms with Gasteiger partial charge in [-0.2, -0.15) is 4.98 Å². The molecule has 1 aromatic carbocycles. The maximum Gasteiger partial charge on any atom is 0.229 e. The summed E-state index contributed by atoms with van der Waals surface area (Å²) >= 11 is 0. The van der Waals surface area contributed by atoms with Crippen molar-refractivity contribution in [2.75, 3.05) is 37.8 Å². The molecule has 0 unspecified atom stereocenters. The summed E-state index contributed by atoms with van der Waals surface area (Å²) in [5.74, 6) is 2.13. The van der Waals surface area contributed by atoms with Crippen LogP contribution < -0.4 is 15.4 Å². The SMILES string of the molecule is CC(C)Oc1ccccc1Nc1nccc(NCCN(C)C)n1. The van der Waals surface area contributed by atoms with E-state index in [1.165, 1.54) is 0 Å². The van der Waals surface area contributed by atoms with E-state index in [2.05, 4.69) is 25.5 Å². The van der Waals surface area contributed by atoms with Gasteiger partial charge in [-0.15, -0.1) is 0 Å². The minimum atomic E-state index is 0.109. The van der Waals surface area contributed by atoms with Crippen LogP contribution in [0.25, 0.3) is 0 Å². The Kier molecular flexibility index (Phi) is 6.17. The monoisotopic (exact) mass is 315 g/mol. The Bertz CT molecular complexity index is 615. The highest BCUT2D eigenvalue weighted by Gasteiger charge is 2.07. The lowest BCUT2D eigenvalue weighted by Gasteiger charge is -2.15. The Balaban J connectivity index is 2.06. The first kappa shape index (κ1) is 17.0. The summed E-state index contributed by atoms with van der Waals surface area (Å²) in [6, 6.07) is 9.64. The van der Waals surface area contributed by atoms with Crippen LogP contribution in [0.4, 0.5) is 17.5 Å². The molecule has 0 aliphatic heterocycles. The molecule has 0 aliphatic carbocycles. The summed E-state index contributed by atoms with van der Waals surface area (Å²) in [5, 5.41) is 6.50. The average Bonchev–Trinajstić information content (AvgIpc) is 2.49. The number of rotatable bonds is 8. The third-order valence-corrected chi connectivity index (χ3v) is 3.02. The summed E-state index contributed by atoms with van der Waals surface area (Å²) in [6.45, 7) is 5.78. The first-order valence-corrected chi connectivity index (χ1v) is 7.79. The molecule has 23 heavy (non-hydrogen) atoms. The van der Waals surface area contributed by atoms with Gasteiger partial charge in [0.15, 0.2) is 0 Å². The van der Waals surface area contributed by atoms with E-state index in [9.17, 15) is 0 Å². The van der Waals surface area contributed by atoms with Crippen LogP contribution >= 0.6 is 0 Å². The van der Waals surface area contributed by atoms with Gasteiger partial charge in [0.05, 0.1) is 11.8 Å². The molecule has 0 aliphatic rings. The Morgan fingerprint density at radius 1 is 1.17 bits per heavy atom. The zero-order valence-corrected chi connectivity index (χ0v) is 14.2. The largest absolute Gasteiger partial charge is 0.489 e. The highest BCUT2D eigenvalue weighted by molar-refractivity contribution is 5.63. The first-order valence-electron chi connectivity index (χ1n) is 7.79. The maximum atomic E-state index is 5.80. The zero-order chi connectivity index (χ0) is 16.7. The lowest BCUT2D eigenvalue weighted by Crippen LogP contribution is -2.21. The second kappa shape index (κ2) is 8.33. The number of ether oxygens (including phenoxy) is 1. The molecule has 2 N–H and O–H groups in total. The fourth-order valence-corrected chi connectivity index (χ4v) is 1.97. The Hall–Kier alpha value is -2.34. The molecule has 0 saturated carbocycles. The Morgan fingerprint density at radius 3 is 2.70 bits per heavy atom. The van der Waals surface area contributed by atoms with Crippen LogP contribution in [0, 0.1) is 0 Å². The van der Waals surface area contributed by atoms with Gasteiger partial charge < -0.3 is 20.3 Å². The van der Waals surface area contributed by atoms with Crippen LogP contribution in [0.1, 0.15) is 13.8 Å². The minimum absolute atomic E-state index is 0.109. The summed E-state index contributed by atoms with van der Waals surface area (Å²) in [5.41, 5.74) is 0.853. The van der Waals surface area contributed by atoms with Gasteiger partial charge in [-0.05, 0) is 46.1 Å². The molecular formula is C17H25N5O. The Morgan fingerprint density at radius 2 is 1.96 bits per heavy atom. The van der Waals surface area contributed by atoms with E-state index in [1.807, 2.05) is 58.3 Å². The van der Waals surface area contributed by atoms with Gasteiger partial charge in [-0.1, -0.05) is 12.1 Å². The fraction of sp³-hybridized carbons (Fsp3) is 0.412. The number of hydrogen-bond acceptors (Lipinski definition) is 6. The second-order valence-corrected chi connectivity index (χ2v) is 5.78. The van der Waals surface area contributed by atoms with Crippen LogP contribution in [0.3, 0.4) is 0 Å². The number of anilines is 3. The number of hydrogen-bond donors (Lipinski definition) is 2. The van der Waals surface area contributed by atoms with Crippen LogP contribution in [0.2, 0.25) is 0 Å². The quantitative estimate of drug-likeness (QED) is 0.781. The van der Waals surface area contributed by atoms with E-state index < -0.39 is 0 Å². The van der Waals surface area contributed by atoms with Gasteiger partial charge in [-0.25, -0.2) is 4.98 Å². The van der Waals surface area contributed by atoms with Gasteiger partial charge in [0, 0.05) is 19.3 Å². The van der Waals surface area contributed by atoms with Gasteiger partial charge >= 0.3 is 0 Å². The molecule has 6 nitrogen and oxygen atoms in total. The fourth-order valence-electron chi connectivity index (χ4n) is 1.97. The number of likely N-dealkylation sites (N-methyl/N-ethyl adjacent to an activating group) is 1. The van der Waals surface area contributed by atoms with Crippen LogP contribution in [-0.4, -0.2) is 48.2 Å². The number of nitrogens with zero attached hydrogens (tertiary/aromatic N) is 3. The van der Waals surface area contributed by atoms with E-state index in [4.69, 9.17) is 4.74 Å². The first-order chi connectivity index (χ1) is 11.0. The van der Waals surface area contributed by atoms with Crippen LogP contribution in [-0.2, 0) is 0 Å². The molecule has 124 valence electrons. The number of aromatic nitrogens is 2. The zero-order valence-electron chi connectivity index (χ0n) is 14.2. The van der Waals surface area contributed by atoms with Crippen molar-refractivity contribution in [1.29, 1.82) is 0 Å². The highest BCUT2D eigenvalue weighted by atomic mass is 16.5. The van der Waals surface area contributed by atoms with Crippen molar-refractivity contribution >= 4 is 17.5 Å². The third-order valence-electron chi connectivity index (χ3n) is 3.02. The van der Waals surface area contributed by atoms with Gasteiger partial charge in [0.1, 0.15) is 11.6 Å². The highest BCUT2D eigenvalue weighted by Crippen LogP contribution is 2.27. The molecule has 2 aromatic rings. The van der Waals surface area contributed by atoms with Crippen molar-refractivity contribution in [1.82, 2.24) is 14.9 Å². The van der Waals surface area contributed by atoms with Gasteiger partial charge in [0.2, 0.25) is 5.95 Å². The second-order valence-electron chi connectivity index (χ2n) is 5.78. The van der Waals surface area contributed by atoms with Crippen LogP contribution in [0.5, 0.6) is 5.75 Å². The molecular weight excluding hydrogens is 290 g/mol. The van der Waals surface area contributed by atoms with Crippen molar-refractivity contribution in [2.45, 2.75) is 20.0 Å². The smallest absolute Gasteiger partial charge is 0.229 e. The lowest BCUT2D eigenvalue weighted by atomic mass is 10.3. The van der Waals surface area contributed by atoms with E-state index >= 15 is 0 Å². The molecule has 0 radical (unpaired) electrons. The summed E-state index contributed by atoms with van der Waals surface area (Å²) < 4.78 is 5.80.